The van der Waals surface area contributed by atoms with Gasteiger partial charge in [0.15, 0.2) is 0 Å². The molecule has 3 rings (SSSR count). The lowest BCUT2D eigenvalue weighted by atomic mass is 9.91. The van der Waals surface area contributed by atoms with Crippen molar-refractivity contribution in [2.24, 2.45) is 11.7 Å². The predicted octanol–water partition coefficient (Wildman–Crippen LogP) is 3.87. The second-order valence-electron chi connectivity index (χ2n) is 6.21. The zero-order valence-corrected chi connectivity index (χ0v) is 15.5. The molecule has 0 saturated heterocycles. The van der Waals surface area contributed by atoms with Crippen LogP contribution in [0.3, 0.4) is 0 Å². The Morgan fingerprint density at radius 3 is 2.64 bits per heavy atom. The summed E-state index contributed by atoms with van der Waals surface area (Å²) < 4.78 is 13.2. The largest absolute Gasteiger partial charge is 0.344 e. The Kier molecular flexibility index (Phi) is 7.35. The van der Waals surface area contributed by atoms with Gasteiger partial charge in [0.05, 0.1) is 11.0 Å². The molecule has 0 bridgehead atoms. The molecule has 3 N–H and O–H groups in total. The van der Waals surface area contributed by atoms with Gasteiger partial charge in [-0.15, -0.1) is 23.7 Å². The van der Waals surface area contributed by atoms with Crippen LogP contribution < -0.4 is 11.1 Å². The fraction of sp³-hybridized carbons (Fsp3) is 0.444. The lowest BCUT2D eigenvalue weighted by Gasteiger charge is -2.25. The van der Waals surface area contributed by atoms with Crippen LogP contribution in [0.1, 0.15) is 52.8 Å². The van der Waals surface area contributed by atoms with Crippen LogP contribution in [0, 0.1) is 11.7 Å². The molecule has 1 amide bonds. The van der Waals surface area contributed by atoms with Crippen LogP contribution >= 0.6 is 23.7 Å². The Hall–Kier alpha value is -1.50. The molecule has 1 saturated carbocycles. The molecule has 0 radical (unpaired) electrons. The number of nitrogens with one attached hydrogen (secondary N) is 1. The second-order valence-corrected chi connectivity index (χ2v) is 7.16. The van der Waals surface area contributed by atoms with E-state index in [1.165, 1.54) is 36.3 Å². The zero-order chi connectivity index (χ0) is 16.9. The van der Waals surface area contributed by atoms with Crippen LogP contribution in [0.25, 0.3) is 0 Å². The summed E-state index contributed by atoms with van der Waals surface area (Å²) in [5, 5.41) is 5.77. The molecular formula is C18H23ClFN3OS. The average molecular weight is 384 g/mol. The summed E-state index contributed by atoms with van der Waals surface area (Å²) in [6.07, 6.45) is 5.20. The number of nitrogens with zero attached hydrogens (tertiary/aromatic N) is 1. The molecule has 1 aromatic heterocycles. The number of aromatic nitrogens is 1. The molecule has 0 aliphatic heterocycles. The molecule has 7 heteroatoms. The first-order valence-electron chi connectivity index (χ1n) is 8.38. The van der Waals surface area contributed by atoms with E-state index in [-0.39, 0.29) is 30.2 Å². The van der Waals surface area contributed by atoms with E-state index >= 15 is 0 Å². The van der Waals surface area contributed by atoms with Crippen molar-refractivity contribution in [3.05, 3.63) is 51.7 Å². The van der Waals surface area contributed by atoms with E-state index in [2.05, 4.69) is 10.3 Å². The fourth-order valence-corrected chi connectivity index (χ4v) is 4.10. The third-order valence-electron chi connectivity index (χ3n) is 4.53. The first-order chi connectivity index (χ1) is 11.7. The van der Waals surface area contributed by atoms with Crippen LogP contribution in [-0.2, 0) is 6.42 Å². The molecule has 1 heterocycles. The smallest absolute Gasteiger partial charge is 0.271 e. The van der Waals surface area contributed by atoms with Gasteiger partial charge in [0.1, 0.15) is 11.5 Å². The molecule has 0 spiro atoms. The molecule has 136 valence electrons. The molecule has 4 nitrogen and oxygen atoms in total. The summed E-state index contributed by atoms with van der Waals surface area (Å²) in [6.45, 7) is 0.523. The van der Waals surface area contributed by atoms with Gasteiger partial charge < -0.3 is 11.1 Å². The number of hydrogen-bond donors (Lipinski definition) is 2. The number of thiazole rings is 1. The van der Waals surface area contributed by atoms with Crippen molar-refractivity contribution in [1.29, 1.82) is 0 Å². The number of nitrogens with two attached hydrogens (primary N) is 1. The standard InChI is InChI=1S/C18H22FN3OS.ClH/c19-14-7-5-13(6-8-14)17(12-3-1-2-4-12)22-18(23)15-11-24-16(21-15)9-10-20;/h5-8,11-12,17H,1-4,9-10,20H2,(H,22,23);1H. The molecule has 2 aromatic rings. The van der Waals surface area contributed by atoms with E-state index in [1.807, 2.05) is 0 Å². The minimum absolute atomic E-state index is 0. The van der Waals surface area contributed by atoms with E-state index in [4.69, 9.17) is 5.73 Å². The third-order valence-corrected chi connectivity index (χ3v) is 5.44. The van der Waals surface area contributed by atoms with Crippen LogP contribution in [0.15, 0.2) is 29.6 Å². The number of halogens is 2. The summed E-state index contributed by atoms with van der Waals surface area (Å²) in [7, 11) is 0. The molecule has 1 atom stereocenters. The molecule has 1 unspecified atom stereocenters. The van der Waals surface area contributed by atoms with Crippen molar-refractivity contribution in [2.45, 2.75) is 38.1 Å². The maximum atomic E-state index is 13.2. The molecule has 1 aliphatic carbocycles. The van der Waals surface area contributed by atoms with Crippen molar-refractivity contribution < 1.29 is 9.18 Å². The SMILES string of the molecule is Cl.NCCc1nc(C(=O)NC(c2ccc(F)cc2)C2CCCC2)cs1. The second kappa shape index (κ2) is 9.27. The lowest BCUT2D eigenvalue weighted by Crippen LogP contribution is -2.33. The third kappa shape index (κ3) is 5.00. The van der Waals surface area contributed by atoms with Gasteiger partial charge in [-0.25, -0.2) is 9.37 Å². The quantitative estimate of drug-likeness (QED) is 0.795. The highest BCUT2D eigenvalue weighted by molar-refractivity contribution is 7.09. The number of carbonyl (C=O) groups is 1. The maximum Gasteiger partial charge on any atom is 0.271 e. The van der Waals surface area contributed by atoms with Crippen molar-refractivity contribution in [3.63, 3.8) is 0 Å². The molecule has 1 fully saturated rings. The van der Waals surface area contributed by atoms with Crippen molar-refractivity contribution >= 4 is 29.7 Å². The van der Waals surface area contributed by atoms with Crippen molar-refractivity contribution in [3.8, 4) is 0 Å². The average Bonchev–Trinajstić information content (AvgIpc) is 3.25. The Morgan fingerprint density at radius 2 is 2.00 bits per heavy atom. The number of benzene rings is 1. The Balaban J connectivity index is 0.00000225. The maximum absolute atomic E-state index is 13.2. The fourth-order valence-electron chi connectivity index (χ4n) is 3.30. The van der Waals surface area contributed by atoms with Gasteiger partial charge in [-0.3, -0.25) is 4.79 Å². The van der Waals surface area contributed by atoms with Gasteiger partial charge >= 0.3 is 0 Å². The van der Waals surface area contributed by atoms with E-state index in [1.54, 1.807) is 17.5 Å². The molecule has 1 aromatic carbocycles. The topological polar surface area (TPSA) is 68.0 Å². The summed E-state index contributed by atoms with van der Waals surface area (Å²) in [5.41, 5.74) is 6.92. The highest BCUT2D eigenvalue weighted by atomic mass is 35.5. The summed E-state index contributed by atoms with van der Waals surface area (Å²) in [6, 6.07) is 6.33. The van der Waals surface area contributed by atoms with Gasteiger partial charge in [0.25, 0.3) is 5.91 Å². The van der Waals surface area contributed by atoms with Gasteiger partial charge in [-0.1, -0.05) is 25.0 Å². The number of rotatable bonds is 6. The molecule has 1 aliphatic rings. The number of carbonyl (C=O) groups excluding carboxylic acids is 1. The van der Waals surface area contributed by atoms with Crippen LogP contribution in [0.4, 0.5) is 4.39 Å². The monoisotopic (exact) mass is 383 g/mol. The summed E-state index contributed by atoms with van der Waals surface area (Å²) >= 11 is 1.46. The first kappa shape index (κ1) is 19.8. The van der Waals surface area contributed by atoms with Gasteiger partial charge in [0.2, 0.25) is 0 Å². The van der Waals surface area contributed by atoms with E-state index in [0.29, 0.717) is 24.6 Å². The number of amides is 1. The Bertz CT molecular complexity index is 686. The molecule has 25 heavy (non-hydrogen) atoms. The van der Waals surface area contributed by atoms with E-state index in [0.717, 1.165) is 23.4 Å². The van der Waals surface area contributed by atoms with Crippen LogP contribution in [0.2, 0.25) is 0 Å². The first-order valence-corrected chi connectivity index (χ1v) is 9.26. The van der Waals surface area contributed by atoms with Gasteiger partial charge in [-0.2, -0.15) is 0 Å². The zero-order valence-electron chi connectivity index (χ0n) is 13.9. The highest BCUT2D eigenvalue weighted by Gasteiger charge is 2.28. The minimum Gasteiger partial charge on any atom is -0.344 e. The Labute approximate surface area is 157 Å². The normalized spacial score (nSPS) is 15.6. The summed E-state index contributed by atoms with van der Waals surface area (Å²) in [4.78, 5) is 17.0. The minimum atomic E-state index is -0.263. The van der Waals surface area contributed by atoms with Crippen molar-refractivity contribution in [1.82, 2.24) is 10.3 Å². The molecular weight excluding hydrogens is 361 g/mol. The number of hydrogen-bond acceptors (Lipinski definition) is 4. The lowest BCUT2D eigenvalue weighted by molar-refractivity contribution is 0.0917. The summed E-state index contributed by atoms with van der Waals surface area (Å²) in [5.74, 6) is -0.0431. The van der Waals surface area contributed by atoms with E-state index < -0.39 is 0 Å². The van der Waals surface area contributed by atoms with E-state index in [9.17, 15) is 9.18 Å². The predicted molar refractivity (Wildman–Crippen MR) is 101 cm³/mol. The Morgan fingerprint density at radius 1 is 1.32 bits per heavy atom. The highest BCUT2D eigenvalue weighted by Crippen LogP contribution is 2.36. The van der Waals surface area contributed by atoms with Crippen LogP contribution in [-0.4, -0.2) is 17.4 Å². The van der Waals surface area contributed by atoms with Gasteiger partial charge in [0, 0.05) is 11.8 Å². The van der Waals surface area contributed by atoms with Crippen molar-refractivity contribution in [2.75, 3.05) is 6.54 Å². The van der Waals surface area contributed by atoms with Gasteiger partial charge in [-0.05, 0) is 43.0 Å². The van der Waals surface area contributed by atoms with Crippen LogP contribution in [0.5, 0.6) is 0 Å².